The van der Waals surface area contributed by atoms with E-state index in [-0.39, 0.29) is 0 Å². The van der Waals surface area contributed by atoms with Crippen molar-refractivity contribution in [1.82, 2.24) is 4.98 Å². The smallest absolute Gasteiger partial charge is 0.140 e. The average molecular weight is 357 g/mol. The maximum atomic E-state index is 6.12. The molecule has 0 atom stereocenters. The number of aryl methyl sites for hydroxylation is 1. The molecule has 0 amide bonds. The summed E-state index contributed by atoms with van der Waals surface area (Å²) < 4.78 is 0.897. The Morgan fingerprint density at radius 3 is 2.89 bits per heavy atom. The Hall–Kier alpha value is -1.17. The van der Waals surface area contributed by atoms with Crippen molar-refractivity contribution >= 4 is 56.2 Å². The lowest BCUT2D eigenvalue weighted by Gasteiger charge is -2.12. The highest BCUT2D eigenvalue weighted by atomic mass is 79.9. The van der Waals surface area contributed by atoms with Crippen LogP contribution in [0.3, 0.4) is 0 Å². The number of nitrogens with one attached hydrogen (secondary N) is 1. The van der Waals surface area contributed by atoms with Crippen LogP contribution in [0.5, 0.6) is 0 Å². The van der Waals surface area contributed by atoms with Crippen molar-refractivity contribution in [1.29, 1.82) is 0 Å². The monoisotopic (exact) mass is 355 g/mol. The van der Waals surface area contributed by atoms with E-state index in [1.54, 1.807) is 12.3 Å². The van der Waals surface area contributed by atoms with E-state index in [9.17, 15) is 0 Å². The van der Waals surface area contributed by atoms with Crippen LogP contribution in [-0.2, 0) is 0 Å². The lowest BCUT2D eigenvalue weighted by molar-refractivity contribution is 1.29. The molecule has 0 aliphatic rings. The Bertz CT molecular complexity index is 646. The number of nitrogens with two attached hydrogens (primary N) is 1. The Balaban J connectivity index is 2.42. The summed E-state index contributed by atoms with van der Waals surface area (Å²) in [5.74, 6) is 0.607. The third-order valence-corrected chi connectivity index (χ3v) is 3.86. The number of halogens is 2. The van der Waals surface area contributed by atoms with E-state index in [1.807, 2.05) is 25.1 Å². The van der Waals surface area contributed by atoms with E-state index < -0.39 is 0 Å². The number of aromatic nitrogens is 1. The van der Waals surface area contributed by atoms with Crippen LogP contribution >= 0.6 is 39.7 Å². The van der Waals surface area contributed by atoms with Gasteiger partial charge in [0.05, 0.1) is 11.3 Å². The zero-order valence-electron chi connectivity index (χ0n) is 10.1. The van der Waals surface area contributed by atoms with Crippen LogP contribution in [0.4, 0.5) is 11.5 Å². The fraction of sp³-hybridized carbons (Fsp3) is 0.0769. The maximum Gasteiger partial charge on any atom is 0.140 e. The highest BCUT2D eigenvalue weighted by molar-refractivity contribution is 9.10. The minimum atomic E-state index is 0.296. The number of hydrogen-bond donors (Lipinski definition) is 2. The van der Waals surface area contributed by atoms with Gasteiger partial charge in [0, 0.05) is 15.7 Å². The van der Waals surface area contributed by atoms with Gasteiger partial charge >= 0.3 is 0 Å². The average Bonchev–Trinajstić information content (AvgIpc) is 2.36. The summed E-state index contributed by atoms with van der Waals surface area (Å²) in [6, 6.07) is 7.38. The molecule has 0 fully saturated rings. The minimum Gasteiger partial charge on any atom is -0.389 e. The van der Waals surface area contributed by atoms with Crippen LogP contribution in [0, 0.1) is 6.92 Å². The molecule has 2 rings (SSSR count). The quantitative estimate of drug-likeness (QED) is 0.810. The zero-order valence-corrected chi connectivity index (χ0v) is 13.2. The summed E-state index contributed by atoms with van der Waals surface area (Å²) >= 11 is 14.6. The molecule has 0 aliphatic heterocycles. The highest BCUT2D eigenvalue weighted by Gasteiger charge is 2.09. The normalized spacial score (nSPS) is 10.3. The van der Waals surface area contributed by atoms with Crippen molar-refractivity contribution in [3.8, 4) is 0 Å². The van der Waals surface area contributed by atoms with Crippen molar-refractivity contribution in [3.63, 3.8) is 0 Å². The second kappa shape index (κ2) is 5.86. The Kier molecular flexibility index (Phi) is 4.39. The van der Waals surface area contributed by atoms with Gasteiger partial charge in [0.25, 0.3) is 0 Å². The molecule has 2 aromatic rings. The molecule has 1 aromatic carbocycles. The predicted molar refractivity (Wildman–Crippen MR) is 87.3 cm³/mol. The molecule has 3 N–H and O–H groups in total. The molecule has 0 saturated carbocycles. The van der Waals surface area contributed by atoms with Crippen LogP contribution in [0.25, 0.3) is 0 Å². The van der Waals surface area contributed by atoms with Gasteiger partial charge in [0.2, 0.25) is 0 Å². The van der Waals surface area contributed by atoms with Gasteiger partial charge in [-0.2, -0.15) is 0 Å². The summed E-state index contributed by atoms with van der Waals surface area (Å²) in [4.78, 5) is 4.54. The molecule has 98 valence electrons. The minimum absolute atomic E-state index is 0.296. The first-order valence-electron chi connectivity index (χ1n) is 5.46. The molecule has 0 spiro atoms. The van der Waals surface area contributed by atoms with Gasteiger partial charge in [-0.25, -0.2) is 4.98 Å². The number of pyridine rings is 1. The van der Waals surface area contributed by atoms with E-state index in [2.05, 4.69) is 26.2 Å². The summed E-state index contributed by atoms with van der Waals surface area (Å²) in [7, 11) is 0. The van der Waals surface area contributed by atoms with Crippen molar-refractivity contribution < 1.29 is 0 Å². The van der Waals surface area contributed by atoms with Crippen LogP contribution in [-0.4, -0.2) is 9.97 Å². The second-order valence-corrected chi connectivity index (χ2v) is 5.67. The molecule has 0 saturated heterocycles. The van der Waals surface area contributed by atoms with Gasteiger partial charge in [0.15, 0.2) is 0 Å². The van der Waals surface area contributed by atoms with Crippen molar-refractivity contribution in [2.45, 2.75) is 6.92 Å². The van der Waals surface area contributed by atoms with Crippen LogP contribution in [0.15, 0.2) is 34.9 Å². The first kappa shape index (κ1) is 14.2. The lowest BCUT2D eigenvalue weighted by Crippen LogP contribution is -2.12. The largest absolute Gasteiger partial charge is 0.389 e. The lowest BCUT2D eigenvalue weighted by atomic mass is 10.2. The van der Waals surface area contributed by atoms with Crippen molar-refractivity contribution in [2.75, 3.05) is 5.32 Å². The van der Waals surface area contributed by atoms with Crippen molar-refractivity contribution in [2.24, 2.45) is 5.73 Å². The fourth-order valence-corrected chi connectivity index (χ4v) is 2.46. The second-order valence-electron chi connectivity index (χ2n) is 3.97. The molecular formula is C13H11BrClN3S. The SMILES string of the molecule is Cc1cc(Br)c(Nc2ncccc2C(N)=S)cc1Cl. The van der Waals surface area contributed by atoms with E-state index in [0.29, 0.717) is 21.4 Å². The number of nitrogens with zero attached hydrogens (tertiary/aromatic N) is 1. The molecular weight excluding hydrogens is 346 g/mol. The van der Waals surface area contributed by atoms with Gasteiger partial charge in [-0.1, -0.05) is 23.8 Å². The van der Waals surface area contributed by atoms with Gasteiger partial charge < -0.3 is 11.1 Å². The Morgan fingerprint density at radius 1 is 1.47 bits per heavy atom. The van der Waals surface area contributed by atoms with Gasteiger partial charge in [-0.3, -0.25) is 0 Å². The first-order chi connectivity index (χ1) is 8.99. The van der Waals surface area contributed by atoms with Crippen LogP contribution < -0.4 is 11.1 Å². The van der Waals surface area contributed by atoms with E-state index in [1.165, 1.54) is 0 Å². The van der Waals surface area contributed by atoms with E-state index >= 15 is 0 Å². The topological polar surface area (TPSA) is 50.9 Å². The molecule has 3 nitrogen and oxygen atoms in total. The molecule has 6 heteroatoms. The van der Waals surface area contributed by atoms with Crippen LogP contribution in [0.1, 0.15) is 11.1 Å². The Labute approximate surface area is 130 Å². The third kappa shape index (κ3) is 3.23. The number of thiocarbonyl (C=S) groups is 1. The van der Waals surface area contributed by atoms with Gasteiger partial charge in [-0.15, -0.1) is 0 Å². The highest BCUT2D eigenvalue weighted by Crippen LogP contribution is 2.31. The molecule has 1 aromatic heterocycles. The number of rotatable bonds is 3. The number of hydrogen-bond acceptors (Lipinski definition) is 3. The third-order valence-electron chi connectivity index (χ3n) is 2.57. The summed E-state index contributed by atoms with van der Waals surface area (Å²) in [6.07, 6.45) is 1.67. The molecule has 1 heterocycles. The predicted octanol–water partition coefficient (Wildman–Crippen LogP) is 4.18. The van der Waals surface area contributed by atoms with Crippen molar-refractivity contribution in [3.05, 3.63) is 51.1 Å². The molecule has 0 radical (unpaired) electrons. The summed E-state index contributed by atoms with van der Waals surface area (Å²) in [5.41, 5.74) is 8.18. The van der Waals surface area contributed by atoms with E-state index in [0.717, 1.165) is 15.7 Å². The zero-order chi connectivity index (χ0) is 14.0. The molecule has 19 heavy (non-hydrogen) atoms. The summed E-state index contributed by atoms with van der Waals surface area (Å²) in [5, 5.41) is 3.86. The van der Waals surface area contributed by atoms with Gasteiger partial charge in [-0.05, 0) is 52.7 Å². The fourth-order valence-electron chi connectivity index (χ4n) is 1.57. The Morgan fingerprint density at radius 2 is 2.21 bits per heavy atom. The number of anilines is 2. The maximum absolute atomic E-state index is 6.12. The van der Waals surface area contributed by atoms with E-state index in [4.69, 9.17) is 29.6 Å². The molecule has 0 aliphatic carbocycles. The van der Waals surface area contributed by atoms with Crippen LogP contribution in [0.2, 0.25) is 5.02 Å². The molecule has 0 unspecified atom stereocenters. The first-order valence-corrected chi connectivity index (χ1v) is 7.04. The standard InChI is InChI=1S/C13H11BrClN3S/c1-7-5-9(14)11(6-10(7)15)18-13-8(12(16)19)3-2-4-17-13/h2-6H,1H3,(H2,16,19)(H,17,18). The molecule has 0 bridgehead atoms. The number of benzene rings is 1. The summed E-state index contributed by atoms with van der Waals surface area (Å²) in [6.45, 7) is 1.94. The van der Waals surface area contributed by atoms with Gasteiger partial charge in [0.1, 0.15) is 10.8 Å².